The monoisotopic (exact) mass is 362 g/mol. The molecule has 0 aliphatic carbocycles. The summed E-state index contributed by atoms with van der Waals surface area (Å²) in [5.74, 6) is 11.8. The molecule has 0 aliphatic heterocycles. The fourth-order valence-electron chi connectivity index (χ4n) is 2.78. The highest BCUT2D eigenvalue weighted by molar-refractivity contribution is 5.42. The van der Waals surface area contributed by atoms with Crippen molar-refractivity contribution in [2.24, 2.45) is 0 Å². The van der Waals surface area contributed by atoms with Crippen molar-refractivity contribution in [2.75, 3.05) is 0 Å². The molecular formula is C24H18N4. The van der Waals surface area contributed by atoms with E-state index in [0.717, 1.165) is 24.2 Å². The zero-order valence-corrected chi connectivity index (χ0v) is 15.3. The maximum atomic E-state index is 4.34. The van der Waals surface area contributed by atoms with Crippen LogP contribution in [0.2, 0.25) is 0 Å². The van der Waals surface area contributed by atoms with Gasteiger partial charge in [0.1, 0.15) is 0 Å². The van der Waals surface area contributed by atoms with Crippen LogP contribution in [0.15, 0.2) is 85.5 Å². The predicted octanol–water partition coefficient (Wildman–Crippen LogP) is 3.58. The van der Waals surface area contributed by atoms with Gasteiger partial charge >= 0.3 is 0 Å². The summed E-state index contributed by atoms with van der Waals surface area (Å²) < 4.78 is 3.75. The zero-order chi connectivity index (χ0) is 19.0. The predicted molar refractivity (Wildman–Crippen MR) is 109 cm³/mol. The number of nitrogens with zero attached hydrogens (tertiary/aromatic N) is 4. The third-order valence-corrected chi connectivity index (χ3v) is 4.12. The van der Waals surface area contributed by atoms with Crippen molar-refractivity contribution in [3.05, 3.63) is 108 Å². The molecule has 0 spiro atoms. The Morgan fingerprint density at radius 3 is 1.46 bits per heavy atom. The van der Waals surface area contributed by atoms with E-state index < -0.39 is 0 Å². The summed E-state index contributed by atoms with van der Waals surface area (Å²) >= 11 is 0. The van der Waals surface area contributed by atoms with Crippen molar-refractivity contribution in [1.82, 2.24) is 19.6 Å². The van der Waals surface area contributed by atoms with E-state index in [1.807, 2.05) is 58.2 Å². The minimum Gasteiger partial charge on any atom is -0.267 e. The Hall–Kier alpha value is -4.02. The van der Waals surface area contributed by atoms with Crippen molar-refractivity contribution >= 4 is 0 Å². The Bertz CT molecular complexity index is 1070. The Balaban J connectivity index is 1.36. The molecule has 0 saturated heterocycles. The van der Waals surface area contributed by atoms with Crippen LogP contribution in [-0.2, 0) is 13.1 Å². The molecule has 4 rings (SSSR count). The molecule has 0 fully saturated rings. The first-order valence-electron chi connectivity index (χ1n) is 9.00. The second-order valence-electron chi connectivity index (χ2n) is 6.32. The van der Waals surface area contributed by atoms with Crippen LogP contribution in [0, 0.1) is 23.7 Å². The van der Waals surface area contributed by atoms with Gasteiger partial charge in [-0.1, -0.05) is 60.7 Å². The van der Waals surface area contributed by atoms with Gasteiger partial charge < -0.3 is 0 Å². The summed E-state index contributed by atoms with van der Waals surface area (Å²) in [5.41, 5.74) is 4.12. The van der Waals surface area contributed by atoms with Crippen molar-refractivity contribution in [2.45, 2.75) is 13.1 Å². The molecule has 2 heterocycles. The van der Waals surface area contributed by atoms with Gasteiger partial charge in [-0.3, -0.25) is 9.36 Å². The van der Waals surface area contributed by atoms with Crippen LogP contribution in [0.5, 0.6) is 0 Å². The molecule has 0 aliphatic rings. The van der Waals surface area contributed by atoms with E-state index in [1.165, 1.54) is 11.1 Å². The molecule has 0 N–H and O–H groups in total. The first kappa shape index (κ1) is 17.4. The highest BCUT2D eigenvalue weighted by atomic mass is 15.3. The fraction of sp³-hybridized carbons (Fsp3) is 0.0833. The summed E-state index contributed by atoms with van der Waals surface area (Å²) in [6.07, 6.45) is 7.38. The average Bonchev–Trinajstić information content (AvgIpc) is 3.36. The summed E-state index contributed by atoms with van der Waals surface area (Å²) in [5, 5.41) is 8.69. The maximum absolute atomic E-state index is 4.34. The standard InChI is InChI=1S/C24H18N4/c1-3-9-21(10-4-1)17-27-19-23(15-25-27)13-7-8-14-24-16-26-28(20-24)18-22-11-5-2-6-12-22/h1-6,9-12,15-16,19-20H,17-18H2. The molecular weight excluding hydrogens is 344 g/mol. The lowest BCUT2D eigenvalue weighted by Gasteiger charge is -2.00. The lowest BCUT2D eigenvalue weighted by molar-refractivity contribution is 0.687. The smallest absolute Gasteiger partial charge is 0.0659 e. The molecule has 0 radical (unpaired) electrons. The minimum atomic E-state index is 0.731. The number of benzene rings is 2. The molecule has 4 aromatic rings. The van der Waals surface area contributed by atoms with Gasteiger partial charge in [-0.05, 0) is 34.8 Å². The summed E-state index contributed by atoms with van der Waals surface area (Å²) in [7, 11) is 0. The van der Waals surface area contributed by atoms with E-state index >= 15 is 0 Å². The van der Waals surface area contributed by atoms with E-state index in [2.05, 4.69) is 58.1 Å². The fourth-order valence-corrected chi connectivity index (χ4v) is 2.78. The second kappa shape index (κ2) is 8.58. The Morgan fingerprint density at radius 1 is 0.607 bits per heavy atom. The first-order chi connectivity index (χ1) is 13.8. The first-order valence-corrected chi connectivity index (χ1v) is 9.00. The SMILES string of the molecule is C(C#Cc1cnn(Cc2ccccc2)c1)#Cc1cnn(Cc2ccccc2)c1. The van der Waals surface area contributed by atoms with Gasteiger partial charge in [0, 0.05) is 12.4 Å². The van der Waals surface area contributed by atoms with E-state index in [-0.39, 0.29) is 0 Å². The number of hydrogen-bond donors (Lipinski definition) is 0. The van der Waals surface area contributed by atoms with Gasteiger partial charge in [0.15, 0.2) is 0 Å². The second-order valence-corrected chi connectivity index (χ2v) is 6.32. The molecule has 0 atom stereocenters. The summed E-state index contributed by atoms with van der Waals surface area (Å²) in [4.78, 5) is 0. The van der Waals surface area contributed by atoms with Gasteiger partial charge in [-0.2, -0.15) is 10.2 Å². The molecule has 4 nitrogen and oxygen atoms in total. The molecule has 134 valence electrons. The van der Waals surface area contributed by atoms with Crippen LogP contribution in [0.1, 0.15) is 22.3 Å². The number of hydrogen-bond acceptors (Lipinski definition) is 2. The lowest BCUT2D eigenvalue weighted by atomic mass is 10.2. The van der Waals surface area contributed by atoms with E-state index in [1.54, 1.807) is 12.4 Å². The molecule has 28 heavy (non-hydrogen) atoms. The van der Waals surface area contributed by atoms with Crippen LogP contribution >= 0.6 is 0 Å². The number of rotatable bonds is 4. The highest BCUT2D eigenvalue weighted by Gasteiger charge is 1.98. The maximum Gasteiger partial charge on any atom is 0.0659 e. The Kier molecular flexibility index (Phi) is 5.33. The Morgan fingerprint density at radius 2 is 1.04 bits per heavy atom. The van der Waals surface area contributed by atoms with Crippen LogP contribution in [-0.4, -0.2) is 19.6 Å². The molecule has 0 saturated carbocycles. The third kappa shape index (κ3) is 4.78. The van der Waals surface area contributed by atoms with Crippen molar-refractivity contribution in [3.63, 3.8) is 0 Å². The van der Waals surface area contributed by atoms with E-state index in [0.29, 0.717) is 0 Å². The summed E-state index contributed by atoms with van der Waals surface area (Å²) in [6, 6.07) is 20.4. The average molecular weight is 362 g/mol. The van der Waals surface area contributed by atoms with Gasteiger partial charge in [-0.25, -0.2) is 0 Å². The normalized spacial score (nSPS) is 9.86. The quantitative estimate of drug-likeness (QED) is 0.520. The molecule has 2 aromatic carbocycles. The van der Waals surface area contributed by atoms with Crippen LogP contribution in [0.4, 0.5) is 0 Å². The topological polar surface area (TPSA) is 35.6 Å². The third-order valence-electron chi connectivity index (χ3n) is 4.12. The Labute approximate surface area is 164 Å². The molecule has 2 aromatic heterocycles. The van der Waals surface area contributed by atoms with Crippen LogP contribution in [0.3, 0.4) is 0 Å². The van der Waals surface area contributed by atoms with Gasteiger partial charge in [0.05, 0.1) is 36.6 Å². The van der Waals surface area contributed by atoms with Gasteiger partial charge in [-0.15, -0.1) is 0 Å². The minimum absolute atomic E-state index is 0.731. The summed E-state index contributed by atoms with van der Waals surface area (Å²) in [6.45, 7) is 1.46. The molecule has 0 bridgehead atoms. The van der Waals surface area contributed by atoms with E-state index in [4.69, 9.17) is 0 Å². The molecule has 0 unspecified atom stereocenters. The van der Waals surface area contributed by atoms with Crippen molar-refractivity contribution < 1.29 is 0 Å². The van der Waals surface area contributed by atoms with Crippen molar-refractivity contribution in [1.29, 1.82) is 0 Å². The van der Waals surface area contributed by atoms with E-state index in [9.17, 15) is 0 Å². The largest absolute Gasteiger partial charge is 0.267 e. The highest BCUT2D eigenvalue weighted by Crippen LogP contribution is 2.04. The number of aromatic nitrogens is 4. The zero-order valence-electron chi connectivity index (χ0n) is 15.3. The lowest BCUT2D eigenvalue weighted by Crippen LogP contribution is -1.99. The van der Waals surface area contributed by atoms with Gasteiger partial charge in [0.2, 0.25) is 0 Å². The van der Waals surface area contributed by atoms with Crippen LogP contribution in [0.25, 0.3) is 0 Å². The van der Waals surface area contributed by atoms with Gasteiger partial charge in [0.25, 0.3) is 0 Å². The van der Waals surface area contributed by atoms with Crippen LogP contribution < -0.4 is 0 Å². The molecule has 0 amide bonds. The molecule has 4 heteroatoms. The van der Waals surface area contributed by atoms with Crippen molar-refractivity contribution in [3.8, 4) is 23.7 Å².